The average molecular weight is 439 g/mol. The topological polar surface area (TPSA) is 75.6 Å². The lowest BCUT2D eigenvalue weighted by atomic mass is 9.76. The van der Waals surface area contributed by atoms with Crippen LogP contribution in [0, 0.1) is 5.92 Å². The van der Waals surface area contributed by atoms with Gasteiger partial charge in [-0.05, 0) is 72.4 Å². The molecule has 0 radical (unpaired) electrons. The number of nitrogens with zero attached hydrogens (tertiary/aromatic N) is 2. The maximum Gasteiger partial charge on any atom is 0.272 e. The molecule has 3 atom stereocenters. The molecule has 2 heterocycles. The summed E-state index contributed by atoms with van der Waals surface area (Å²) < 4.78 is 5.32. The predicted octanol–water partition coefficient (Wildman–Crippen LogP) is 5.07. The van der Waals surface area contributed by atoms with E-state index < -0.39 is 0 Å². The number of carbonyl (C=O) groups is 1. The molecule has 0 fully saturated rings. The molecule has 6 heteroatoms. The van der Waals surface area contributed by atoms with Crippen LogP contribution in [0.5, 0.6) is 5.75 Å². The Balaban J connectivity index is 1.39. The first kappa shape index (κ1) is 20.9. The van der Waals surface area contributed by atoms with Gasteiger partial charge < -0.3 is 10.1 Å². The van der Waals surface area contributed by atoms with Crippen molar-refractivity contribution in [2.24, 2.45) is 11.0 Å². The van der Waals surface area contributed by atoms with Crippen molar-refractivity contribution in [3.63, 3.8) is 0 Å². The Bertz CT molecular complexity index is 1220. The highest BCUT2D eigenvalue weighted by atomic mass is 16.5. The second kappa shape index (κ2) is 8.90. The summed E-state index contributed by atoms with van der Waals surface area (Å²) in [6.45, 7) is 1.91. The average Bonchev–Trinajstić information content (AvgIpc) is 3.37. The van der Waals surface area contributed by atoms with Crippen LogP contribution in [0.2, 0.25) is 0 Å². The maximum absolute atomic E-state index is 12.3. The van der Waals surface area contributed by atoms with Crippen LogP contribution in [0.25, 0.3) is 0 Å². The van der Waals surface area contributed by atoms with Gasteiger partial charge in [0.15, 0.2) is 0 Å². The fourth-order valence-electron chi connectivity index (χ4n) is 4.72. The van der Waals surface area contributed by atoms with Gasteiger partial charge in [0.2, 0.25) is 0 Å². The van der Waals surface area contributed by atoms with Gasteiger partial charge >= 0.3 is 0 Å². The number of allylic oxidation sites excluding steroid dienone is 2. The fraction of sp³-hybridized carbons (Fsp3) is 0.222. The Labute approximate surface area is 193 Å². The van der Waals surface area contributed by atoms with Crippen LogP contribution >= 0.6 is 0 Å². The van der Waals surface area contributed by atoms with E-state index in [4.69, 9.17) is 4.74 Å². The minimum absolute atomic E-state index is 0.239. The van der Waals surface area contributed by atoms with Crippen molar-refractivity contribution < 1.29 is 9.53 Å². The SMILES string of the molecule is COc1ccc([C@@H]2Nc3ccc(/C(C)=N\NC(=O)c4cccnc4)cc3[C@@H]3C=CC[C@@H]32)cc1. The summed E-state index contributed by atoms with van der Waals surface area (Å²) in [7, 11) is 1.69. The zero-order valence-electron chi connectivity index (χ0n) is 18.7. The number of methoxy groups -OCH3 is 1. The monoisotopic (exact) mass is 438 g/mol. The van der Waals surface area contributed by atoms with Gasteiger partial charge in [-0.25, -0.2) is 5.43 Å². The molecule has 5 rings (SSSR count). The first-order chi connectivity index (χ1) is 16.1. The molecular formula is C27H26N4O2. The smallest absolute Gasteiger partial charge is 0.272 e. The van der Waals surface area contributed by atoms with Crippen molar-refractivity contribution in [2.75, 3.05) is 12.4 Å². The van der Waals surface area contributed by atoms with Crippen LogP contribution < -0.4 is 15.5 Å². The normalized spacial score (nSPS) is 21.0. The highest BCUT2D eigenvalue weighted by Crippen LogP contribution is 2.50. The fourth-order valence-corrected chi connectivity index (χ4v) is 4.72. The summed E-state index contributed by atoms with van der Waals surface area (Å²) in [5, 5.41) is 8.09. The van der Waals surface area contributed by atoms with Crippen LogP contribution in [0.1, 0.15) is 52.4 Å². The van der Waals surface area contributed by atoms with Gasteiger partial charge in [0.1, 0.15) is 5.75 Å². The number of pyridine rings is 1. The number of nitrogens with one attached hydrogen (secondary N) is 2. The molecule has 0 bridgehead atoms. The Hall–Kier alpha value is -3.93. The van der Waals surface area contributed by atoms with Crippen LogP contribution in [-0.2, 0) is 0 Å². The van der Waals surface area contributed by atoms with Gasteiger partial charge in [-0.1, -0.05) is 30.4 Å². The number of amides is 1. The summed E-state index contributed by atoms with van der Waals surface area (Å²) in [4.78, 5) is 16.3. The number of anilines is 1. The second-order valence-electron chi connectivity index (χ2n) is 8.43. The van der Waals surface area contributed by atoms with E-state index in [9.17, 15) is 4.79 Å². The maximum atomic E-state index is 12.3. The van der Waals surface area contributed by atoms with Crippen molar-refractivity contribution >= 4 is 17.3 Å². The van der Waals surface area contributed by atoms with Crippen LogP contribution in [0.3, 0.4) is 0 Å². The largest absolute Gasteiger partial charge is 0.497 e. The summed E-state index contributed by atoms with van der Waals surface area (Å²) >= 11 is 0. The van der Waals surface area contributed by atoms with E-state index in [2.05, 4.69) is 57.2 Å². The third-order valence-corrected chi connectivity index (χ3v) is 6.50. The molecule has 33 heavy (non-hydrogen) atoms. The number of fused-ring (bicyclic) bond motifs is 3. The third kappa shape index (κ3) is 4.12. The number of carbonyl (C=O) groups excluding carboxylic acids is 1. The zero-order chi connectivity index (χ0) is 22.8. The lowest BCUT2D eigenvalue weighted by Crippen LogP contribution is -2.29. The molecule has 2 N–H and O–H groups in total. The standard InChI is InChI=1S/C27H26N4O2/c1-17(30-31-27(32)20-5-4-14-28-16-20)19-10-13-25-24(15-19)22-6-3-7-23(22)26(29-25)18-8-11-21(33-2)12-9-18/h3-6,8-16,22-23,26,29H,7H2,1-2H3,(H,31,32)/b30-17-/t22-,23+,26+/m1/s1. The molecule has 2 aliphatic rings. The molecule has 0 spiro atoms. The third-order valence-electron chi connectivity index (χ3n) is 6.50. The van der Waals surface area contributed by atoms with Crippen molar-refractivity contribution in [1.82, 2.24) is 10.4 Å². The summed E-state index contributed by atoms with van der Waals surface area (Å²) in [5.74, 6) is 1.38. The predicted molar refractivity (Wildman–Crippen MR) is 130 cm³/mol. The molecule has 1 aromatic heterocycles. The van der Waals surface area contributed by atoms with Crippen molar-refractivity contribution in [2.45, 2.75) is 25.3 Å². The highest BCUT2D eigenvalue weighted by molar-refractivity contribution is 6.01. The summed E-state index contributed by atoms with van der Waals surface area (Å²) in [6, 6.07) is 18.4. The molecule has 1 aliphatic carbocycles. The Morgan fingerprint density at radius 2 is 2.00 bits per heavy atom. The summed E-state index contributed by atoms with van der Waals surface area (Å²) in [6.07, 6.45) is 8.80. The number of rotatable bonds is 5. The van der Waals surface area contributed by atoms with Gasteiger partial charge in [0.05, 0.1) is 24.4 Å². The highest BCUT2D eigenvalue weighted by Gasteiger charge is 2.38. The van der Waals surface area contributed by atoms with E-state index in [1.54, 1.807) is 25.4 Å². The van der Waals surface area contributed by atoms with E-state index in [0.29, 0.717) is 17.4 Å². The number of benzene rings is 2. The molecule has 166 valence electrons. The summed E-state index contributed by atoms with van der Waals surface area (Å²) in [5.41, 5.74) is 8.52. The van der Waals surface area contributed by atoms with E-state index in [1.165, 1.54) is 17.3 Å². The molecule has 2 aromatic carbocycles. The number of hydrazone groups is 1. The van der Waals surface area contributed by atoms with Gasteiger partial charge in [-0.3, -0.25) is 9.78 Å². The molecule has 1 amide bonds. The molecule has 0 unspecified atom stereocenters. The number of hydrogen-bond donors (Lipinski definition) is 2. The second-order valence-corrected chi connectivity index (χ2v) is 8.43. The first-order valence-corrected chi connectivity index (χ1v) is 11.1. The zero-order valence-corrected chi connectivity index (χ0v) is 18.7. The Morgan fingerprint density at radius 1 is 1.15 bits per heavy atom. The van der Waals surface area contributed by atoms with Crippen LogP contribution in [-0.4, -0.2) is 23.7 Å². The lowest BCUT2D eigenvalue weighted by molar-refractivity contribution is 0.0954. The van der Waals surface area contributed by atoms with Crippen LogP contribution in [0.15, 0.2) is 84.2 Å². The molecule has 0 saturated heterocycles. The first-order valence-electron chi connectivity index (χ1n) is 11.1. The van der Waals surface area contributed by atoms with Crippen LogP contribution in [0.4, 0.5) is 5.69 Å². The molecule has 3 aromatic rings. The molecule has 6 nitrogen and oxygen atoms in total. The van der Waals surface area contributed by atoms with Gasteiger partial charge in [-0.15, -0.1) is 0 Å². The van der Waals surface area contributed by atoms with E-state index in [-0.39, 0.29) is 11.9 Å². The van der Waals surface area contributed by atoms with Gasteiger partial charge in [-0.2, -0.15) is 5.10 Å². The van der Waals surface area contributed by atoms with E-state index >= 15 is 0 Å². The van der Waals surface area contributed by atoms with Gasteiger partial charge in [0, 0.05) is 24.0 Å². The van der Waals surface area contributed by atoms with Crippen molar-refractivity contribution in [3.8, 4) is 5.75 Å². The molecule has 0 saturated carbocycles. The van der Waals surface area contributed by atoms with Crippen molar-refractivity contribution in [1.29, 1.82) is 0 Å². The number of ether oxygens (including phenoxy) is 1. The molecule has 1 aliphatic heterocycles. The minimum Gasteiger partial charge on any atom is -0.497 e. The Morgan fingerprint density at radius 3 is 2.76 bits per heavy atom. The van der Waals surface area contributed by atoms with Gasteiger partial charge in [0.25, 0.3) is 5.91 Å². The number of hydrogen-bond acceptors (Lipinski definition) is 5. The number of aromatic nitrogens is 1. The molecular weight excluding hydrogens is 412 g/mol. The Kier molecular flexibility index (Phi) is 5.65. The quantitative estimate of drug-likeness (QED) is 0.331. The van der Waals surface area contributed by atoms with E-state index in [0.717, 1.165) is 29.1 Å². The van der Waals surface area contributed by atoms with Crippen molar-refractivity contribution in [3.05, 3.63) is 101 Å². The van der Waals surface area contributed by atoms with E-state index in [1.807, 2.05) is 25.1 Å². The lowest BCUT2D eigenvalue weighted by Gasteiger charge is -2.37. The minimum atomic E-state index is -0.275.